The lowest BCUT2D eigenvalue weighted by Crippen LogP contribution is -2.64. The molecule has 5 heteroatoms. The Balaban J connectivity index is 1.30. The van der Waals surface area contributed by atoms with Gasteiger partial charge >= 0.3 is 0 Å². The van der Waals surface area contributed by atoms with E-state index in [-0.39, 0.29) is 5.54 Å². The minimum atomic E-state index is -0.442. The summed E-state index contributed by atoms with van der Waals surface area (Å²) in [6, 6.07) is 14.0. The van der Waals surface area contributed by atoms with E-state index in [1.54, 1.807) is 0 Å². The zero-order chi connectivity index (χ0) is 20.1. The van der Waals surface area contributed by atoms with Gasteiger partial charge in [0.1, 0.15) is 12.4 Å². The van der Waals surface area contributed by atoms with Gasteiger partial charge in [0, 0.05) is 27.1 Å². The zero-order valence-corrected chi connectivity index (χ0v) is 18.8. The van der Waals surface area contributed by atoms with Crippen LogP contribution >= 0.6 is 27.5 Å². The van der Waals surface area contributed by atoms with Gasteiger partial charge in [-0.05, 0) is 86.3 Å². The second-order valence-corrected chi connectivity index (χ2v) is 10.8. The molecule has 4 saturated carbocycles. The molecule has 4 fully saturated rings. The molecule has 4 aliphatic carbocycles. The number of aliphatic hydroxyl groups is 1. The largest absolute Gasteiger partial charge is 0.489 e. The molecule has 2 atom stereocenters. The smallest absolute Gasteiger partial charge is 0.124 e. The SMILES string of the molecule is OC12CC3CC(C1)CC(NCc1cc(Br)ccc1OCc1ccc(Cl)cc1)(C3)C2. The fourth-order valence-corrected chi connectivity index (χ4v) is 6.81. The van der Waals surface area contributed by atoms with Crippen molar-refractivity contribution in [3.63, 3.8) is 0 Å². The first-order valence-corrected chi connectivity index (χ1v) is 11.7. The maximum absolute atomic E-state index is 11.0. The standard InChI is InChI=1S/C24H27BrClNO2/c25-20-3-6-22(29-14-16-1-4-21(26)5-2-16)19(8-20)13-27-23-9-17-7-18(10-23)12-24(28,11-17)15-23/h1-6,8,17-18,27-28H,7,9-15H2. The highest BCUT2D eigenvalue weighted by Gasteiger charge is 2.56. The molecule has 6 rings (SSSR count). The molecule has 4 aliphatic rings. The van der Waals surface area contributed by atoms with Gasteiger partial charge in [-0.1, -0.05) is 39.7 Å². The number of rotatable bonds is 6. The average molecular weight is 477 g/mol. The Morgan fingerprint density at radius 2 is 1.79 bits per heavy atom. The van der Waals surface area contributed by atoms with Gasteiger partial charge in [-0.15, -0.1) is 0 Å². The molecule has 0 amide bonds. The Morgan fingerprint density at radius 1 is 1.07 bits per heavy atom. The third-order valence-electron chi connectivity index (χ3n) is 7.01. The summed E-state index contributed by atoms with van der Waals surface area (Å²) in [5.74, 6) is 2.26. The number of hydrogen-bond donors (Lipinski definition) is 2. The van der Waals surface area contributed by atoms with Crippen molar-refractivity contribution >= 4 is 27.5 Å². The van der Waals surface area contributed by atoms with Crippen molar-refractivity contribution < 1.29 is 9.84 Å². The van der Waals surface area contributed by atoms with Gasteiger partial charge in [0.15, 0.2) is 0 Å². The summed E-state index contributed by atoms with van der Waals surface area (Å²) in [6.45, 7) is 1.27. The summed E-state index contributed by atoms with van der Waals surface area (Å²) in [5, 5.41) is 15.6. The van der Waals surface area contributed by atoms with Crippen LogP contribution in [-0.4, -0.2) is 16.2 Å². The number of nitrogens with one attached hydrogen (secondary N) is 1. The van der Waals surface area contributed by atoms with E-state index in [0.717, 1.165) is 52.2 Å². The molecule has 2 unspecified atom stereocenters. The van der Waals surface area contributed by atoms with Crippen molar-refractivity contribution in [2.75, 3.05) is 0 Å². The summed E-state index contributed by atoms with van der Waals surface area (Å²) in [6.07, 6.45) is 6.58. The van der Waals surface area contributed by atoms with E-state index >= 15 is 0 Å². The molecule has 2 aromatic carbocycles. The lowest BCUT2D eigenvalue weighted by molar-refractivity contribution is -0.142. The van der Waals surface area contributed by atoms with Crippen LogP contribution in [0, 0.1) is 11.8 Å². The molecule has 29 heavy (non-hydrogen) atoms. The van der Waals surface area contributed by atoms with Gasteiger partial charge in [-0.25, -0.2) is 0 Å². The lowest BCUT2D eigenvalue weighted by atomic mass is 9.51. The fourth-order valence-electron chi connectivity index (χ4n) is 6.27. The third-order valence-corrected chi connectivity index (χ3v) is 7.76. The summed E-state index contributed by atoms with van der Waals surface area (Å²) in [4.78, 5) is 0. The molecule has 0 heterocycles. The monoisotopic (exact) mass is 475 g/mol. The maximum Gasteiger partial charge on any atom is 0.124 e. The highest BCUT2D eigenvalue weighted by molar-refractivity contribution is 9.10. The van der Waals surface area contributed by atoms with Crippen LogP contribution in [0.3, 0.4) is 0 Å². The van der Waals surface area contributed by atoms with Gasteiger partial charge in [0.2, 0.25) is 0 Å². The molecule has 0 aromatic heterocycles. The van der Waals surface area contributed by atoms with Crippen molar-refractivity contribution in [1.82, 2.24) is 5.32 Å². The van der Waals surface area contributed by atoms with Crippen molar-refractivity contribution in [1.29, 1.82) is 0 Å². The minimum absolute atomic E-state index is 0.0780. The van der Waals surface area contributed by atoms with E-state index in [0.29, 0.717) is 18.4 Å². The highest BCUT2D eigenvalue weighted by atomic mass is 79.9. The summed E-state index contributed by atoms with van der Waals surface area (Å²) < 4.78 is 7.21. The van der Waals surface area contributed by atoms with Crippen molar-refractivity contribution in [2.45, 2.75) is 62.8 Å². The number of hydrogen-bond acceptors (Lipinski definition) is 3. The van der Waals surface area contributed by atoms with Gasteiger partial charge in [-0.2, -0.15) is 0 Å². The molecular weight excluding hydrogens is 450 g/mol. The normalized spacial score (nSPS) is 32.5. The Morgan fingerprint density at radius 3 is 2.48 bits per heavy atom. The van der Waals surface area contributed by atoms with Crippen LogP contribution in [0.2, 0.25) is 5.02 Å². The Bertz CT molecular complexity index is 886. The molecule has 0 radical (unpaired) electrons. The van der Waals surface area contributed by atoms with Gasteiger partial charge in [0.05, 0.1) is 5.60 Å². The first kappa shape index (κ1) is 19.9. The van der Waals surface area contributed by atoms with Crippen LogP contribution in [0.15, 0.2) is 46.9 Å². The van der Waals surface area contributed by atoms with Crippen molar-refractivity contribution in [3.8, 4) is 5.75 Å². The van der Waals surface area contributed by atoms with E-state index < -0.39 is 5.60 Å². The van der Waals surface area contributed by atoms with Crippen LogP contribution in [0.1, 0.15) is 49.7 Å². The predicted molar refractivity (Wildman–Crippen MR) is 119 cm³/mol. The van der Waals surface area contributed by atoms with Crippen LogP contribution in [-0.2, 0) is 13.2 Å². The van der Waals surface area contributed by atoms with Gasteiger partial charge in [-0.3, -0.25) is 0 Å². The van der Waals surface area contributed by atoms with Crippen molar-refractivity contribution in [3.05, 3.63) is 63.1 Å². The molecule has 2 N–H and O–H groups in total. The Labute approximate surface area is 185 Å². The first-order valence-electron chi connectivity index (χ1n) is 10.5. The topological polar surface area (TPSA) is 41.5 Å². The second-order valence-electron chi connectivity index (χ2n) is 9.49. The summed E-state index contributed by atoms with van der Waals surface area (Å²) in [7, 11) is 0. The van der Waals surface area contributed by atoms with E-state index in [9.17, 15) is 5.11 Å². The van der Waals surface area contributed by atoms with Crippen molar-refractivity contribution in [2.24, 2.45) is 11.8 Å². The van der Waals surface area contributed by atoms with E-state index in [4.69, 9.17) is 16.3 Å². The third kappa shape index (κ3) is 4.23. The predicted octanol–water partition coefficient (Wildman–Crippen LogP) is 5.85. The van der Waals surface area contributed by atoms with Gasteiger partial charge < -0.3 is 15.2 Å². The minimum Gasteiger partial charge on any atom is -0.489 e. The Kier molecular flexibility index (Phi) is 5.18. The van der Waals surface area contributed by atoms with E-state index in [1.165, 1.54) is 19.3 Å². The number of ether oxygens (including phenoxy) is 1. The molecular formula is C24H27BrClNO2. The fraction of sp³-hybridized carbons (Fsp3) is 0.500. The van der Waals surface area contributed by atoms with E-state index in [1.807, 2.05) is 36.4 Å². The molecule has 3 nitrogen and oxygen atoms in total. The maximum atomic E-state index is 11.0. The summed E-state index contributed by atoms with van der Waals surface area (Å²) in [5.41, 5.74) is 1.88. The number of benzene rings is 2. The molecule has 0 saturated heterocycles. The number of halogens is 2. The van der Waals surface area contributed by atoms with E-state index in [2.05, 4.69) is 27.3 Å². The highest BCUT2D eigenvalue weighted by Crippen LogP contribution is 2.57. The molecule has 2 aromatic rings. The van der Waals surface area contributed by atoms with Crippen LogP contribution in [0.25, 0.3) is 0 Å². The lowest BCUT2D eigenvalue weighted by Gasteiger charge is -2.60. The summed E-state index contributed by atoms with van der Waals surface area (Å²) >= 11 is 9.58. The van der Waals surface area contributed by atoms with Crippen LogP contribution in [0.5, 0.6) is 5.75 Å². The molecule has 0 aliphatic heterocycles. The zero-order valence-electron chi connectivity index (χ0n) is 16.5. The first-order chi connectivity index (χ1) is 13.9. The van der Waals surface area contributed by atoms with Crippen LogP contribution in [0.4, 0.5) is 0 Å². The average Bonchev–Trinajstić information content (AvgIpc) is 2.65. The molecule has 154 valence electrons. The van der Waals surface area contributed by atoms with Crippen LogP contribution < -0.4 is 10.1 Å². The van der Waals surface area contributed by atoms with Gasteiger partial charge in [0.25, 0.3) is 0 Å². The second kappa shape index (κ2) is 7.56. The quantitative estimate of drug-likeness (QED) is 0.549. The molecule has 4 bridgehead atoms. The molecule has 0 spiro atoms. The Hall–Kier alpha value is -1.07.